The van der Waals surface area contributed by atoms with E-state index in [0.29, 0.717) is 17.1 Å². The summed E-state index contributed by atoms with van der Waals surface area (Å²) in [6.45, 7) is 6.59. The Labute approximate surface area is 166 Å². The van der Waals surface area contributed by atoms with Crippen molar-refractivity contribution >= 4 is 23.5 Å². The van der Waals surface area contributed by atoms with Crippen molar-refractivity contribution in [1.29, 1.82) is 0 Å². The van der Waals surface area contributed by atoms with Gasteiger partial charge in [0.1, 0.15) is 12.4 Å². The van der Waals surface area contributed by atoms with Crippen molar-refractivity contribution in [3.63, 3.8) is 0 Å². The number of hydrogen-bond acceptors (Lipinski definition) is 3. The van der Waals surface area contributed by atoms with E-state index in [1.807, 2.05) is 0 Å². The number of guanidine groups is 1. The molecule has 1 saturated heterocycles. The summed E-state index contributed by atoms with van der Waals surface area (Å²) in [6, 6.07) is 4.78. The number of aliphatic imine (C=N–C) groups is 1. The average molecular weight is 398 g/mol. The quantitative estimate of drug-likeness (QED) is 0.589. The molecule has 1 aliphatic rings. The van der Waals surface area contributed by atoms with Crippen molar-refractivity contribution in [2.24, 2.45) is 4.99 Å². The molecule has 0 unspecified atom stereocenters. The molecule has 0 atom stereocenters. The lowest BCUT2D eigenvalue weighted by Gasteiger charge is -2.36. The van der Waals surface area contributed by atoms with Crippen molar-refractivity contribution in [2.75, 3.05) is 53.4 Å². The molecule has 1 fully saturated rings. The third-order valence-electron chi connectivity index (χ3n) is 4.51. The Morgan fingerprint density at radius 2 is 2.00 bits per heavy atom. The molecule has 1 heterocycles. The molecule has 1 aliphatic heterocycles. The molecule has 0 aliphatic carbocycles. The van der Waals surface area contributed by atoms with Crippen LogP contribution in [0.25, 0.3) is 0 Å². The van der Waals surface area contributed by atoms with Crippen molar-refractivity contribution in [1.82, 2.24) is 20.0 Å². The van der Waals surface area contributed by atoms with Crippen LogP contribution in [-0.2, 0) is 11.3 Å². The van der Waals surface area contributed by atoms with E-state index in [9.17, 15) is 9.18 Å². The fraction of sp³-hybridized carbons (Fsp3) is 0.579. The number of carbonyl (C=O) groups is 1. The van der Waals surface area contributed by atoms with Gasteiger partial charge in [-0.1, -0.05) is 24.6 Å². The summed E-state index contributed by atoms with van der Waals surface area (Å²) < 4.78 is 14.0. The van der Waals surface area contributed by atoms with E-state index in [2.05, 4.69) is 27.0 Å². The Morgan fingerprint density at radius 3 is 2.59 bits per heavy atom. The van der Waals surface area contributed by atoms with Crippen LogP contribution >= 0.6 is 11.6 Å². The largest absolute Gasteiger partial charge is 0.356 e. The van der Waals surface area contributed by atoms with Gasteiger partial charge in [-0.3, -0.25) is 9.69 Å². The lowest BCUT2D eigenvalue weighted by Crippen LogP contribution is -2.52. The van der Waals surface area contributed by atoms with E-state index < -0.39 is 0 Å². The van der Waals surface area contributed by atoms with Gasteiger partial charge in [0.05, 0.1) is 0 Å². The second kappa shape index (κ2) is 10.5. The standard InChI is InChI=1S/C19H29ClFN5O/c1-4-8-22-19(23-13-18(27)24(2)3)26-11-9-25(10-12-26)14-15-16(20)6-5-7-17(15)21/h5-7H,4,8-14H2,1-3H3,(H,22,23). The van der Waals surface area contributed by atoms with Gasteiger partial charge in [-0.2, -0.15) is 0 Å². The van der Waals surface area contributed by atoms with Gasteiger partial charge < -0.3 is 15.1 Å². The molecule has 1 aromatic carbocycles. The van der Waals surface area contributed by atoms with Crippen LogP contribution in [0.3, 0.4) is 0 Å². The predicted molar refractivity (Wildman–Crippen MR) is 108 cm³/mol. The van der Waals surface area contributed by atoms with Gasteiger partial charge in [0, 0.05) is 63.9 Å². The summed E-state index contributed by atoms with van der Waals surface area (Å²) in [5.41, 5.74) is 0.544. The van der Waals surface area contributed by atoms with Crippen molar-refractivity contribution in [3.8, 4) is 0 Å². The smallest absolute Gasteiger partial charge is 0.243 e. The maximum Gasteiger partial charge on any atom is 0.243 e. The van der Waals surface area contributed by atoms with Crippen LogP contribution in [0.5, 0.6) is 0 Å². The minimum absolute atomic E-state index is 0.0290. The zero-order chi connectivity index (χ0) is 19.8. The van der Waals surface area contributed by atoms with E-state index in [-0.39, 0.29) is 18.3 Å². The van der Waals surface area contributed by atoms with E-state index in [0.717, 1.165) is 45.1 Å². The summed E-state index contributed by atoms with van der Waals surface area (Å²) in [5.74, 6) is 0.466. The van der Waals surface area contributed by atoms with Gasteiger partial charge in [0.2, 0.25) is 5.91 Å². The van der Waals surface area contributed by atoms with Gasteiger partial charge in [-0.05, 0) is 18.6 Å². The zero-order valence-electron chi connectivity index (χ0n) is 16.3. The summed E-state index contributed by atoms with van der Waals surface area (Å²) in [6.07, 6.45) is 0.979. The van der Waals surface area contributed by atoms with Crippen LogP contribution in [0.2, 0.25) is 5.02 Å². The molecular weight excluding hydrogens is 369 g/mol. The highest BCUT2D eigenvalue weighted by molar-refractivity contribution is 6.31. The first-order chi connectivity index (χ1) is 12.9. The number of nitrogens with zero attached hydrogens (tertiary/aromatic N) is 4. The van der Waals surface area contributed by atoms with E-state index in [1.165, 1.54) is 11.0 Å². The molecule has 6 nitrogen and oxygen atoms in total. The topological polar surface area (TPSA) is 51.2 Å². The molecule has 1 N–H and O–H groups in total. The molecule has 0 radical (unpaired) electrons. The summed E-state index contributed by atoms with van der Waals surface area (Å²) in [7, 11) is 3.45. The highest BCUT2D eigenvalue weighted by Gasteiger charge is 2.21. The number of benzene rings is 1. The van der Waals surface area contributed by atoms with E-state index in [4.69, 9.17) is 11.6 Å². The van der Waals surface area contributed by atoms with Crippen molar-refractivity contribution in [2.45, 2.75) is 19.9 Å². The fourth-order valence-corrected chi connectivity index (χ4v) is 3.04. The van der Waals surface area contributed by atoms with Crippen LogP contribution in [0.1, 0.15) is 18.9 Å². The van der Waals surface area contributed by atoms with Gasteiger partial charge in [-0.25, -0.2) is 9.38 Å². The van der Waals surface area contributed by atoms with Crippen LogP contribution in [-0.4, -0.2) is 79.9 Å². The van der Waals surface area contributed by atoms with Gasteiger partial charge >= 0.3 is 0 Å². The first kappa shape index (κ1) is 21.4. The number of amides is 1. The van der Waals surface area contributed by atoms with Crippen LogP contribution < -0.4 is 5.32 Å². The van der Waals surface area contributed by atoms with Crippen LogP contribution in [0.15, 0.2) is 23.2 Å². The second-order valence-corrected chi connectivity index (χ2v) is 7.23. The molecule has 0 spiro atoms. The third kappa shape index (κ3) is 6.36. The molecule has 1 amide bonds. The van der Waals surface area contributed by atoms with Crippen LogP contribution in [0.4, 0.5) is 4.39 Å². The molecule has 27 heavy (non-hydrogen) atoms. The Kier molecular flexibility index (Phi) is 8.31. The maximum atomic E-state index is 14.0. The molecule has 0 saturated carbocycles. The Balaban J connectivity index is 1.96. The fourth-order valence-electron chi connectivity index (χ4n) is 2.81. The molecule has 0 aromatic heterocycles. The van der Waals surface area contributed by atoms with Gasteiger partial charge in [0.15, 0.2) is 5.96 Å². The average Bonchev–Trinajstić information content (AvgIpc) is 2.65. The number of rotatable bonds is 6. The molecule has 150 valence electrons. The monoisotopic (exact) mass is 397 g/mol. The van der Waals surface area contributed by atoms with Gasteiger partial charge in [0.25, 0.3) is 0 Å². The second-order valence-electron chi connectivity index (χ2n) is 6.82. The minimum Gasteiger partial charge on any atom is -0.356 e. The highest BCUT2D eigenvalue weighted by Crippen LogP contribution is 2.21. The third-order valence-corrected chi connectivity index (χ3v) is 4.87. The minimum atomic E-state index is -0.265. The first-order valence-corrected chi connectivity index (χ1v) is 9.68. The van der Waals surface area contributed by atoms with Gasteiger partial charge in [-0.15, -0.1) is 0 Å². The Hall–Kier alpha value is -1.86. The predicted octanol–water partition coefficient (Wildman–Crippen LogP) is 2.04. The van der Waals surface area contributed by atoms with Crippen molar-refractivity contribution < 1.29 is 9.18 Å². The van der Waals surface area contributed by atoms with Crippen LogP contribution in [0, 0.1) is 5.82 Å². The SMILES string of the molecule is CCCNC(=NCC(=O)N(C)C)N1CCN(Cc2c(F)cccc2Cl)CC1. The molecule has 8 heteroatoms. The first-order valence-electron chi connectivity index (χ1n) is 9.31. The number of piperazine rings is 1. The molecular formula is C19H29ClFN5O. The highest BCUT2D eigenvalue weighted by atomic mass is 35.5. The van der Waals surface area contributed by atoms with E-state index in [1.54, 1.807) is 26.2 Å². The Morgan fingerprint density at radius 1 is 1.30 bits per heavy atom. The number of nitrogens with one attached hydrogen (secondary N) is 1. The van der Waals surface area contributed by atoms with Crippen molar-refractivity contribution in [3.05, 3.63) is 34.6 Å². The molecule has 2 rings (SSSR count). The number of carbonyl (C=O) groups excluding carboxylic acids is 1. The maximum absolute atomic E-state index is 14.0. The lowest BCUT2D eigenvalue weighted by molar-refractivity contribution is -0.127. The number of hydrogen-bond donors (Lipinski definition) is 1. The lowest BCUT2D eigenvalue weighted by atomic mass is 10.2. The summed E-state index contributed by atoms with van der Waals surface area (Å²) >= 11 is 6.14. The zero-order valence-corrected chi connectivity index (χ0v) is 17.1. The number of likely N-dealkylation sites (N-methyl/N-ethyl adjacent to an activating group) is 1. The molecule has 1 aromatic rings. The normalized spacial score (nSPS) is 15.7. The van der Waals surface area contributed by atoms with E-state index >= 15 is 0 Å². The number of halogens is 2. The summed E-state index contributed by atoms with van der Waals surface area (Å²) in [4.78, 5) is 22.2. The summed E-state index contributed by atoms with van der Waals surface area (Å²) in [5, 5.41) is 3.79. The molecule has 0 bridgehead atoms. The Bertz CT molecular complexity index is 639.